The zero-order valence-electron chi connectivity index (χ0n) is 15.5. The molecule has 2 heterocycles. The van der Waals surface area contributed by atoms with Gasteiger partial charge in [-0.1, -0.05) is 25.3 Å². The number of piperazine rings is 1. The van der Waals surface area contributed by atoms with Crippen molar-refractivity contribution in [1.82, 2.24) is 13.5 Å². The van der Waals surface area contributed by atoms with Gasteiger partial charge in [-0.2, -0.15) is 17.0 Å². The summed E-state index contributed by atoms with van der Waals surface area (Å²) >= 11 is 1.67. The van der Waals surface area contributed by atoms with Crippen molar-refractivity contribution in [3.8, 4) is 0 Å². The monoisotopic (exact) mass is 399 g/mol. The van der Waals surface area contributed by atoms with Crippen LogP contribution in [0.3, 0.4) is 0 Å². The van der Waals surface area contributed by atoms with Gasteiger partial charge in [-0.05, 0) is 30.7 Å². The van der Waals surface area contributed by atoms with Gasteiger partial charge in [0.05, 0.1) is 0 Å². The molecule has 1 saturated carbocycles. The third-order valence-electron chi connectivity index (χ3n) is 5.54. The average molecular weight is 400 g/mol. The smallest absolute Gasteiger partial charge is 0.282 e. The number of amides is 1. The van der Waals surface area contributed by atoms with Crippen molar-refractivity contribution >= 4 is 27.5 Å². The first-order chi connectivity index (χ1) is 12.5. The minimum atomic E-state index is -3.43. The van der Waals surface area contributed by atoms with Crippen LogP contribution in [0.2, 0.25) is 0 Å². The second kappa shape index (κ2) is 8.82. The van der Waals surface area contributed by atoms with E-state index in [1.165, 1.54) is 11.3 Å². The minimum absolute atomic E-state index is 0.121. The van der Waals surface area contributed by atoms with Crippen LogP contribution in [0.1, 0.15) is 43.4 Å². The Kier molecular flexibility index (Phi) is 6.71. The fraction of sp³-hybridized carbons (Fsp3) is 0.722. The fourth-order valence-electron chi connectivity index (χ4n) is 3.83. The zero-order valence-corrected chi connectivity index (χ0v) is 17.1. The third kappa shape index (κ3) is 4.65. The van der Waals surface area contributed by atoms with Crippen molar-refractivity contribution in [1.29, 1.82) is 0 Å². The highest BCUT2D eigenvalue weighted by Crippen LogP contribution is 2.25. The van der Waals surface area contributed by atoms with Gasteiger partial charge < -0.3 is 4.90 Å². The van der Waals surface area contributed by atoms with Crippen LogP contribution in [0, 0.1) is 0 Å². The number of nitrogens with zero attached hydrogens (tertiary/aromatic N) is 3. The number of hydrogen-bond acceptors (Lipinski definition) is 4. The SMILES string of the molecule is CN(C1CCCCC1)S(=O)(=O)N1CCN(C(=O)CCc2cccs2)CC1. The Morgan fingerprint density at radius 1 is 1.19 bits per heavy atom. The molecule has 146 valence electrons. The summed E-state index contributed by atoms with van der Waals surface area (Å²) in [5, 5.41) is 2.02. The largest absolute Gasteiger partial charge is 0.340 e. The molecule has 0 unspecified atom stereocenters. The molecule has 2 fully saturated rings. The number of thiophene rings is 1. The lowest BCUT2D eigenvalue weighted by atomic mass is 9.96. The molecule has 0 spiro atoms. The first-order valence-corrected chi connectivity index (χ1v) is 11.8. The van der Waals surface area contributed by atoms with Crippen molar-refractivity contribution in [3.05, 3.63) is 22.4 Å². The molecule has 6 nitrogen and oxygen atoms in total. The molecule has 1 amide bonds. The molecule has 1 aliphatic carbocycles. The fourth-order valence-corrected chi connectivity index (χ4v) is 6.11. The molecule has 1 saturated heterocycles. The van der Waals surface area contributed by atoms with Gasteiger partial charge in [0.15, 0.2) is 0 Å². The number of hydrogen-bond donors (Lipinski definition) is 0. The summed E-state index contributed by atoms with van der Waals surface area (Å²) in [6.45, 7) is 1.76. The number of rotatable bonds is 6. The van der Waals surface area contributed by atoms with Gasteiger partial charge in [-0.3, -0.25) is 4.79 Å². The Labute approximate surface area is 161 Å². The van der Waals surface area contributed by atoms with E-state index in [-0.39, 0.29) is 11.9 Å². The zero-order chi connectivity index (χ0) is 18.6. The lowest BCUT2D eigenvalue weighted by molar-refractivity contribution is -0.132. The van der Waals surface area contributed by atoms with Crippen molar-refractivity contribution in [2.45, 2.75) is 51.0 Å². The van der Waals surface area contributed by atoms with Crippen molar-refractivity contribution in [2.75, 3.05) is 33.2 Å². The van der Waals surface area contributed by atoms with E-state index in [9.17, 15) is 13.2 Å². The topological polar surface area (TPSA) is 60.9 Å². The molecule has 1 aromatic heterocycles. The van der Waals surface area contributed by atoms with Crippen LogP contribution < -0.4 is 0 Å². The lowest BCUT2D eigenvalue weighted by Gasteiger charge is -2.38. The van der Waals surface area contributed by atoms with Crippen molar-refractivity contribution in [2.24, 2.45) is 0 Å². The molecular formula is C18H29N3O3S2. The molecule has 8 heteroatoms. The second-order valence-electron chi connectivity index (χ2n) is 7.18. The van der Waals surface area contributed by atoms with E-state index in [1.54, 1.807) is 31.9 Å². The highest BCUT2D eigenvalue weighted by molar-refractivity contribution is 7.86. The van der Waals surface area contributed by atoms with Crippen molar-refractivity contribution in [3.63, 3.8) is 0 Å². The van der Waals surface area contributed by atoms with E-state index in [1.807, 2.05) is 17.5 Å². The Morgan fingerprint density at radius 3 is 2.50 bits per heavy atom. The Hall–Kier alpha value is -0.960. The first-order valence-electron chi connectivity index (χ1n) is 9.52. The molecule has 0 aromatic carbocycles. The molecule has 0 radical (unpaired) electrons. The first kappa shape index (κ1) is 19.8. The van der Waals surface area contributed by atoms with E-state index in [0.29, 0.717) is 32.6 Å². The van der Waals surface area contributed by atoms with E-state index in [4.69, 9.17) is 0 Å². The molecule has 3 rings (SSSR count). The molecule has 1 aromatic rings. The molecule has 0 atom stereocenters. The summed E-state index contributed by atoms with van der Waals surface area (Å²) < 4.78 is 28.9. The van der Waals surface area contributed by atoms with Crippen LogP contribution in [0.15, 0.2) is 17.5 Å². The van der Waals surface area contributed by atoms with Gasteiger partial charge >= 0.3 is 0 Å². The normalized spacial score (nSPS) is 20.6. The molecule has 2 aliphatic rings. The molecule has 26 heavy (non-hydrogen) atoms. The van der Waals surface area contributed by atoms with Crippen LogP contribution in [0.5, 0.6) is 0 Å². The predicted molar refractivity (Wildman–Crippen MR) is 104 cm³/mol. The average Bonchev–Trinajstić information content (AvgIpc) is 3.20. The highest BCUT2D eigenvalue weighted by Gasteiger charge is 2.35. The predicted octanol–water partition coefficient (Wildman–Crippen LogP) is 2.33. The Balaban J connectivity index is 1.49. The van der Waals surface area contributed by atoms with Crippen LogP contribution in [-0.2, 0) is 21.4 Å². The quantitative estimate of drug-likeness (QED) is 0.738. The summed E-state index contributed by atoms with van der Waals surface area (Å²) in [5.41, 5.74) is 0. The number of aryl methyl sites for hydroxylation is 1. The van der Waals surface area contributed by atoms with Gasteiger partial charge in [-0.25, -0.2) is 0 Å². The number of carbonyl (C=O) groups excluding carboxylic acids is 1. The third-order valence-corrected chi connectivity index (χ3v) is 8.52. The lowest BCUT2D eigenvalue weighted by Crippen LogP contribution is -2.55. The minimum Gasteiger partial charge on any atom is -0.340 e. The van der Waals surface area contributed by atoms with Crippen LogP contribution >= 0.6 is 11.3 Å². The Morgan fingerprint density at radius 2 is 1.88 bits per heavy atom. The summed E-state index contributed by atoms with van der Waals surface area (Å²) in [7, 11) is -1.72. The standard InChI is InChI=1S/C18H29N3O3S2/c1-19(16-6-3-2-4-7-16)26(23,24)21-13-11-20(12-14-21)18(22)10-9-17-8-5-15-25-17/h5,8,15-16H,2-4,6-7,9-14H2,1H3. The summed E-state index contributed by atoms with van der Waals surface area (Å²) in [5.74, 6) is 0.121. The summed E-state index contributed by atoms with van der Waals surface area (Å²) in [6.07, 6.45) is 6.59. The van der Waals surface area contributed by atoms with Crippen LogP contribution in [-0.4, -0.2) is 67.1 Å². The Bertz CT molecular complexity index is 677. The molecular weight excluding hydrogens is 370 g/mol. The maximum absolute atomic E-state index is 12.9. The van der Waals surface area contributed by atoms with Gasteiger partial charge in [0, 0.05) is 50.6 Å². The van der Waals surface area contributed by atoms with Crippen LogP contribution in [0.4, 0.5) is 0 Å². The van der Waals surface area contributed by atoms with Crippen molar-refractivity contribution < 1.29 is 13.2 Å². The van der Waals surface area contributed by atoms with Gasteiger partial charge in [0.25, 0.3) is 10.2 Å². The van der Waals surface area contributed by atoms with E-state index in [0.717, 1.165) is 32.1 Å². The van der Waals surface area contributed by atoms with Gasteiger partial charge in [-0.15, -0.1) is 11.3 Å². The van der Waals surface area contributed by atoms with Gasteiger partial charge in [0.1, 0.15) is 0 Å². The molecule has 0 bridgehead atoms. The maximum atomic E-state index is 12.9. The maximum Gasteiger partial charge on any atom is 0.282 e. The van der Waals surface area contributed by atoms with E-state index in [2.05, 4.69) is 0 Å². The summed E-state index contributed by atoms with van der Waals surface area (Å²) in [4.78, 5) is 15.4. The highest BCUT2D eigenvalue weighted by atomic mass is 32.2. The van der Waals surface area contributed by atoms with Crippen LogP contribution in [0.25, 0.3) is 0 Å². The summed E-state index contributed by atoms with van der Waals surface area (Å²) in [6, 6.07) is 4.17. The van der Waals surface area contributed by atoms with Gasteiger partial charge in [0.2, 0.25) is 5.91 Å². The molecule has 1 aliphatic heterocycles. The molecule has 0 N–H and O–H groups in total. The van der Waals surface area contributed by atoms with E-state index >= 15 is 0 Å². The van der Waals surface area contributed by atoms with E-state index < -0.39 is 10.2 Å². The number of carbonyl (C=O) groups is 1. The second-order valence-corrected chi connectivity index (χ2v) is 10.2.